The monoisotopic (exact) mass is 353 g/mol. The Morgan fingerprint density at radius 1 is 1.17 bits per heavy atom. The molecule has 7 heteroatoms. The van der Waals surface area contributed by atoms with E-state index >= 15 is 0 Å². The average molecular weight is 353 g/mol. The number of carboxylic acid groups (broad SMARTS) is 1. The molecule has 0 spiro atoms. The van der Waals surface area contributed by atoms with Crippen molar-refractivity contribution in [2.45, 2.75) is 38.1 Å². The van der Waals surface area contributed by atoms with E-state index in [1.807, 2.05) is 30.3 Å². The van der Waals surface area contributed by atoms with Gasteiger partial charge in [0.15, 0.2) is 9.84 Å². The number of nitrogens with one attached hydrogen (secondary N) is 1. The van der Waals surface area contributed by atoms with Crippen LogP contribution in [0.4, 0.5) is 0 Å². The van der Waals surface area contributed by atoms with Crippen LogP contribution >= 0.6 is 0 Å². The van der Waals surface area contributed by atoms with Gasteiger partial charge < -0.3 is 10.4 Å². The highest BCUT2D eigenvalue weighted by Gasteiger charge is 2.34. The van der Waals surface area contributed by atoms with Crippen LogP contribution in [0.5, 0.6) is 0 Å². The van der Waals surface area contributed by atoms with E-state index in [1.165, 1.54) is 0 Å². The first kappa shape index (κ1) is 18.4. The van der Waals surface area contributed by atoms with Gasteiger partial charge in [0.2, 0.25) is 5.91 Å². The fourth-order valence-electron chi connectivity index (χ4n) is 3.09. The number of hydrogen-bond acceptors (Lipinski definition) is 4. The Balaban J connectivity index is 1.78. The van der Waals surface area contributed by atoms with Gasteiger partial charge in [0, 0.05) is 6.04 Å². The van der Waals surface area contributed by atoms with Crippen LogP contribution in [-0.2, 0) is 25.8 Å². The molecule has 2 N–H and O–H groups in total. The summed E-state index contributed by atoms with van der Waals surface area (Å²) in [6.45, 7) is 0. The summed E-state index contributed by atoms with van der Waals surface area (Å²) in [7, 11) is -3.49. The number of carbonyl (C=O) groups is 2. The largest absolute Gasteiger partial charge is 0.481 e. The lowest BCUT2D eigenvalue weighted by molar-refractivity contribution is -0.142. The van der Waals surface area contributed by atoms with Crippen molar-refractivity contribution in [3.05, 3.63) is 35.9 Å². The SMILES string of the molecule is O=C(CS(=O)(=O)CCCc1ccccc1)N[C@H]1CCC[C@H]1C(=O)O. The highest BCUT2D eigenvalue weighted by Crippen LogP contribution is 2.25. The lowest BCUT2D eigenvalue weighted by Gasteiger charge is -2.17. The van der Waals surface area contributed by atoms with Crippen LogP contribution in [0, 0.1) is 5.92 Å². The first-order valence-electron chi connectivity index (χ1n) is 8.14. The van der Waals surface area contributed by atoms with Crippen LogP contribution in [0.25, 0.3) is 0 Å². The van der Waals surface area contributed by atoms with Gasteiger partial charge in [-0.05, 0) is 31.2 Å². The molecule has 1 aliphatic rings. The Morgan fingerprint density at radius 2 is 1.88 bits per heavy atom. The third kappa shape index (κ3) is 5.63. The van der Waals surface area contributed by atoms with Gasteiger partial charge in [-0.2, -0.15) is 0 Å². The van der Waals surface area contributed by atoms with E-state index < -0.39 is 39.4 Å². The highest BCUT2D eigenvalue weighted by atomic mass is 32.2. The predicted octanol–water partition coefficient (Wildman–Crippen LogP) is 1.40. The third-order valence-corrected chi connectivity index (χ3v) is 5.91. The fraction of sp³-hybridized carbons (Fsp3) is 0.529. The van der Waals surface area contributed by atoms with E-state index in [0.717, 1.165) is 12.0 Å². The van der Waals surface area contributed by atoms with Crippen LogP contribution in [0.3, 0.4) is 0 Å². The van der Waals surface area contributed by atoms with Crippen LogP contribution < -0.4 is 5.32 Å². The second kappa shape index (κ2) is 8.28. The Labute approximate surface area is 142 Å². The van der Waals surface area contributed by atoms with Gasteiger partial charge in [-0.25, -0.2) is 8.42 Å². The molecule has 0 bridgehead atoms. The molecule has 0 saturated heterocycles. The summed E-state index contributed by atoms with van der Waals surface area (Å²) in [5, 5.41) is 11.7. The maximum atomic E-state index is 12.0. The minimum absolute atomic E-state index is 0.0532. The highest BCUT2D eigenvalue weighted by molar-refractivity contribution is 7.92. The van der Waals surface area contributed by atoms with Crippen molar-refractivity contribution in [2.75, 3.05) is 11.5 Å². The molecule has 0 unspecified atom stereocenters. The molecule has 1 amide bonds. The zero-order chi connectivity index (χ0) is 17.6. The van der Waals surface area contributed by atoms with E-state index in [2.05, 4.69) is 5.32 Å². The third-order valence-electron chi connectivity index (χ3n) is 4.29. The van der Waals surface area contributed by atoms with E-state index in [4.69, 9.17) is 5.11 Å². The summed E-state index contributed by atoms with van der Waals surface area (Å²) in [5.74, 6) is -2.79. The molecule has 132 valence electrons. The number of aliphatic carboxylic acids is 1. The molecule has 1 fully saturated rings. The second-order valence-corrected chi connectivity index (χ2v) is 8.41. The number of carbonyl (C=O) groups excluding carboxylic acids is 1. The van der Waals surface area contributed by atoms with Gasteiger partial charge in [-0.15, -0.1) is 0 Å². The molecule has 0 aliphatic heterocycles. The van der Waals surface area contributed by atoms with E-state index in [0.29, 0.717) is 25.7 Å². The molecule has 2 rings (SSSR count). The molecule has 1 aliphatic carbocycles. The molecule has 0 aromatic heterocycles. The lowest BCUT2D eigenvalue weighted by Crippen LogP contribution is -2.42. The van der Waals surface area contributed by atoms with Gasteiger partial charge in [-0.1, -0.05) is 36.8 Å². The Bertz CT molecular complexity index is 671. The van der Waals surface area contributed by atoms with Crippen LogP contribution in [0.2, 0.25) is 0 Å². The predicted molar refractivity (Wildman–Crippen MR) is 90.3 cm³/mol. The smallest absolute Gasteiger partial charge is 0.308 e. The minimum atomic E-state index is -3.49. The molecular weight excluding hydrogens is 330 g/mol. The van der Waals surface area contributed by atoms with Crippen molar-refractivity contribution in [1.82, 2.24) is 5.32 Å². The molecule has 1 saturated carbocycles. The molecule has 24 heavy (non-hydrogen) atoms. The molecule has 6 nitrogen and oxygen atoms in total. The summed E-state index contributed by atoms with van der Waals surface area (Å²) in [5.41, 5.74) is 1.06. The molecular formula is C17H23NO5S. The fourth-order valence-corrected chi connectivity index (χ4v) is 4.30. The van der Waals surface area contributed by atoms with E-state index in [-0.39, 0.29) is 5.75 Å². The standard InChI is InChI=1S/C17H23NO5S/c19-16(18-15-10-4-9-14(15)17(20)21)12-24(22,23)11-5-8-13-6-2-1-3-7-13/h1-3,6-7,14-15H,4-5,8-12H2,(H,18,19)(H,20,21)/t14-,15+/m1/s1. The lowest BCUT2D eigenvalue weighted by atomic mass is 10.0. The number of carboxylic acids is 1. The summed E-state index contributed by atoms with van der Waals surface area (Å²) in [6, 6.07) is 9.11. The van der Waals surface area contributed by atoms with Gasteiger partial charge >= 0.3 is 5.97 Å². The van der Waals surface area contributed by atoms with Gasteiger partial charge in [0.1, 0.15) is 5.75 Å². The molecule has 0 heterocycles. The van der Waals surface area contributed by atoms with Crippen LogP contribution in [0.15, 0.2) is 30.3 Å². The molecule has 2 atom stereocenters. The maximum absolute atomic E-state index is 12.0. The number of benzene rings is 1. The number of aryl methyl sites for hydroxylation is 1. The van der Waals surface area contributed by atoms with Crippen molar-refractivity contribution in [1.29, 1.82) is 0 Å². The van der Waals surface area contributed by atoms with Crippen molar-refractivity contribution in [3.63, 3.8) is 0 Å². The van der Waals surface area contributed by atoms with Gasteiger partial charge in [0.05, 0.1) is 11.7 Å². The second-order valence-electron chi connectivity index (χ2n) is 6.23. The number of sulfone groups is 1. The number of hydrogen-bond donors (Lipinski definition) is 2. The summed E-state index contributed by atoms with van der Waals surface area (Å²) >= 11 is 0. The quantitative estimate of drug-likeness (QED) is 0.736. The normalized spacial score (nSPS) is 20.7. The first-order chi connectivity index (χ1) is 11.4. The maximum Gasteiger partial charge on any atom is 0.308 e. The van der Waals surface area contributed by atoms with E-state index in [9.17, 15) is 18.0 Å². The zero-order valence-corrected chi connectivity index (χ0v) is 14.3. The van der Waals surface area contributed by atoms with Crippen LogP contribution in [0.1, 0.15) is 31.2 Å². The minimum Gasteiger partial charge on any atom is -0.481 e. The Kier molecular flexibility index (Phi) is 6.36. The van der Waals surface area contributed by atoms with Crippen LogP contribution in [-0.4, -0.2) is 42.9 Å². The van der Waals surface area contributed by atoms with Crippen molar-refractivity contribution in [2.24, 2.45) is 5.92 Å². The van der Waals surface area contributed by atoms with Crippen molar-refractivity contribution < 1.29 is 23.1 Å². The Morgan fingerprint density at radius 3 is 2.54 bits per heavy atom. The molecule has 1 aromatic carbocycles. The van der Waals surface area contributed by atoms with Crippen molar-refractivity contribution in [3.8, 4) is 0 Å². The molecule has 1 aromatic rings. The summed E-state index contributed by atoms with van der Waals surface area (Å²) < 4.78 is 24.1. The van der Waals surface area contributed by atoms with E-state index in [1.54, 1.807) is 0 Å². The van der Waals surface area contributed by atoms with Gasteiger partial charge in [0.25, 0.3) is 0 Å². The van der Waals surface area contributed by atoms with Gasteiger partial charge in [-0.3, -0.25) is 9.59 Å². The summed E-state index contributed by atoms with van der Waals surface area (Å²) in [4.78, 5) is 23.0. The Hall–Kier alpha value is -1.89. The number of amides is 1. The first-order valence-corrected chi connectivity index (χ1v) is 9.96. The summed E-state index contributed by atoms with van der Waals surface area (Å²) in [6.07, 6.45) is 2.93. The molecule has 0 radical (unpaired) electrons. The topological polar surface area (TPSA) is 101 Å². The van der Waals surface area contributed by atoms with Crippen molar-refractivity contribution >= 4 is 21.7 Å². The average Bonchev–Trinajstić information content (AvgIpc) is 2.95. The number of rotatable bonds is 8. The zero-order valence-electron chi connectivity index (χ0n) is 13.5.